The molecule has 0 aliphatic heterocycles. The Bertz CT molecular complexity index is 370. The van der Waals surface area contributed by atoms with Crippen molar-refractivity contribution < 1.29 is 4.80 Å². The highest BCUT2D eigenvalue weighted by Gasteiger charge is 2.09. The summed E-state index contributed by atoms with van der Waals surface area (Å²) in [6, 6.07) is 9.53. The number of hydrogen-bond donors (Lipinski definition) is 1. The van der Waals surface area contributed by atoms with Gasteiger partial charge in [0.1, 0.15) is 5.21 Å². The fourth-order valence-electron chi connectivity index (χ4n) is 0.881. The summed E-state index contributed by atoms with van der Waals surface area (Å²) in [7, 11) is 0. The number of rotatable bonds is 1. The molecule has 0 saturated heterocycles. The molecule has 1 aromatic carbocycles. The molecule has 0 aliphatic rings. The van der Waals surface area contributed by atoms with Crippen molar-refractivity contribution in [3.8, 4) is 5.69 Å². The minimum atomic E-state index is 0.873. The average Bonchev–Trinajstić information content (AvgIpc) is 2.53. The van der Waals surface area contributed by atoms with E-state index in [2.05, 4.69) is 28.5 Å². The molecular formula is C6H6N5S+. The third-order valence-electron chi connectivity index (χ3n) is 1.40. The molecule has 0 saturated carbocycles. The van der Waals surface area contributed by atoms with Gasteiger partial charge >= 0.3 is 0 Å². The highest BCUT2D eigenvalue weighted by molar-refractivity contribution is 7.78. The zero-order valence-electron chi connectivity index (χ0n) is 6.07. The normalized spacial score (nSPS) is 10.1. The smallest absolute Gasteiger partial charge is 0.0620 e. The van der Waals surface area contributed by atoms with Gasteiger partial charge in [0.25, 0.3) is 0 Å². The lowest BCUT2D eigenvalue weighted by Gasteiger charge is -1.91. The van der Waals surface area contributed by atoms with Crippen LogP contribution >= 0.6 is 12.8 Å². The first-order chi connectivity index (χ1) is 5.88. The van der Waals surface area contributed by atoms with Crippen molar-refractivity contribution in [3.05, 3.63) is 30.3 Å². The SMILES string of the molecule is Sn1nnn[n+]1-c1ccccc1. The summed E-state index contributed by atoms with van der Waals surface area (Å²) in [6.07, 6.45) is 0. The maximum absolute atomic E-state index is 4.00. The van der Waals surface area contributed by atoms with E-state index in [9.17, 15) is 0 Å². The van der Waals surface area contributed by atoms with Gasteiger partial charge in [0.05, 0.1) is 0 Å². The van der Waals surface area contributed by atoms with Crippen LogP contribution < -0.4 is 4.80 Å². The summed E-state index contributed by atoms with van der Waals surface area (Å²) in [5.41, 5.74) is 0.873. The molecule has 0 N–H and O–H groups in total. The third kappa shape index (κ3) is 1.16. The molecule has 0 spiro atoms. The minimum absolute atomic E-state index is 0.873. The summed E-state index contributed by atoms with van der Waals surface area (Å²) in [6.45, 7) is 0. The first-order valence-electron chi connectivity index (χ1n) is 3.33. The molecule has 0 aliphatic carbocycles. The number of para-hydroxylation sites is 1. The number of thiol groups is 1. The van der Waals surface area contributed by atoms with E-state index in [1.807, 2.05) is 30.3 Å². The van der Waals surface area contributed by atoms with E-state index < -0.39 is 0 Å². The minimum Gasteiger partial charge on any atom is -0.0620 e. The van der Waals surface area contributed by atoms with Crippen LogP contribution in [0, 0.1) is 0 Å². The number of hydrogen-bond acceptors (Lipinski definition) is 4. The second-order valence-electron chi connectivity index (χ2n) is 2.16. The Morgan fingerprint density at radius 3 is 2.58 bits per heavy atom. The topological polar surface area (TPSA) is 47.5 Å². The standard InChI is InChI=1S/C6H6N5S/c12-11-9-7-8-10(11)6-4-2-1-3-5-6/h1-5H,(H,8,9,12)/q+1. The molecule has 0 atom stereocenters. The molecule has 5 nitrogen and oxygen atoms in total. The van der Waals surface area contributed by atoms with E-state index in [1.165, 1.54) is 9.00 Å². The van der Waals surface area contributed by atoms with Crippen LogP contribution in [0.4, 0.5) is 0 Å². The maximum atomic E-state index is 4.00. The second-order valence-corrected chi connectivity index (χ2v) is 2.52. The van der Waals surface area contributed by atoms with Crippen LogP contribution in [0.15, 0.2) is 30.3 Å². The van der Waals surface area contributed by atoms with Crippen LogP contribution in [-0.2, 0) is 0 Å². The first kappa shape index (κ1) is 7.23. The third-order valence-corrected chi connectivity index (χ3v) is 1.65. The molecule has 1 heterocycles. The Morgan fingerprint density at radius 1 is 1.25 bits per heavy atom. The Balaban J connectivity index is 2.51. The Kier molecular flexibility index (Phi) is 1.75. The lowest BCUT2D eigenvalue weighted by Crippen LogP contribution is -2.40. The lowest BCUT2D eigenvalue weighted by atomic mass is 10.3. The largest absolute Gasteiger partial charge is 0.232 e. The Hall–Kier alpha value is -1.43. The van der Waals surface area contributed by atoms with E-state index in [4.69, 9.17) is 0 Å². The van der Waals surface area contributed by atoms with Gasteiger partial charge in [-0.2, -0.15) is 0 Å². The van der Waals surface area contributed by atoms with Gasteiger partial charge in [-0.15, -0.1) is 0 Å². The van der Waals surface area contributed by atoms with Crippen LogP contribution in [0.2, 0.25) is 0 Å². The highest BCUT2D eigenvalue weighted by atomic mass is 32.1. The van der Waals surface area contributed by atoms with Gasteiger partial charge in [-0.05, 0) is 16.9 Å². The molecule has 1 aromatic heterocycles. The van der Waals surface area contributed by atoms with Crippen LogP contribution in [0.25, 0.3) is 5.69 Å². The molecular weight excluding hydrogens is 174 g/mol. The van der Waals surface area contributed by atoms with Crippen LogP contribution in [0.3, 0.4) is 0 Å². The van der Waals surface area contributed by atoms with E-state index in [0.29, 0.717) is 0 Å². The van der Waals surface area contributed by atoms with Crippen molar-refractivity contribution >= 4 is 12.8 Å². The van der Waals surface area contributed by atoms with Gasteiger partial charge in [-0.1, -0.05) is 18.2 Å². The van der Waals surface area contributed by atoms with Gasteiger partial charge in [-0.3, -0.25) is 0 Å². The van der Waals surface area contributed by atoms with Crippen LogP contribution in [-0.4, -0.2) is 19.8 Å². The fourth-order valence-corrected chi connectivity index (χ4v) is 1.06. The van der Waals surface area contributed by atoms with E-state index in [-0.39, 0.29) is 0 Å². The quantitative estimate of drug-likeness (QED) is 0.481. The fraction of sp³-hybridized carbons (Fsp3) is 0. The number of benzene rings is 1. The van der Waals surface area contributed by atoms with Crippen molar-refractivity contribution in [2.45, 2.75) is 0 Å². The lowest BCUT2D eigenvalue weighted by molar-refractivity contribution is -0.728. The summed E-state index contributed by atoms with van der Waals surface area (Å²) in [5.74, 6) is 0. The van der Waals surface area contributed by atoms with Crippen molar-refractivity contribution in [1.29, 1.82) is 0 Å². The molecule has 2 aromatic rings. The van der Waals surface area contributed by atoms with E-state index >= 15 is 0 Å². The zero-order valence-corrected chi connectivity index (χ0v) is 6.96. The predicted molar refractivity (Wildman–Crippen MR) is 43.7 cm³/mol. The Labute approximate surface area is 74.1 Å². The summed E-state index contributed by atoms with van der Waals surface area (Å²) < 4.78 is 1.26. The molecule has 0 amide bonds. The van der Waals surface area contributed by atoms with E-state index in [1.54, 1.807) is 0 Å². The van der Waals surface area contributed by atoms with Crippen molar-refractivity contribution in [2.75, 3.05) is 0 Å². The first-order valence-corrected chi connectivity index (χ1v) is 3.73. The van der Waals surface area contributed by atoms with Crippen LogP contribution in [0.5, 0.6) is 0 Å². The Morgan fingerprint density at radius 2 is 2.00 bits per heavy atom. The van der Waals surface area contributed by atoms with Gasteiger partial charge in [0, 0.05) is 17.0 Å². The average molecular weight is 180 g/mol. The van der Waals surface area contributed by atoms with Crippen molar-refractivity contribution in [1.82, 2.24) is 19.8 Å². The maximum Gasteiger partial charge on any atom is 0.232 e. The second kappa shape index (κ2) is 2.90. The van der Waals surface area contributed by atoms with Gasteiger partial charge in [0.2, 0.25) is 10.4 Å². The number of aromatic nitrogens is 5. The van der Waals surface area contributed by atoms with Gasteiger partial charge in [-0.25, -0.2) is 0 Å². The molecule has 0 radical (unpaired) electrons. The summed E-state index contributed by atoms with van der Waals surface area (Å²) in [5, 5.41) is 10.8. The summed E-state index contributed by atoms with van der Waals surface area (Å²) >= 11 is 4.00. The van der Waals surface area contributed by atoms with Crippen molar-refractivity contribution in [2.24, 2.45) is 0 Å². The molecule has 0 fully saturated rings. The van der Waals surface area contributed by atoms with Gasteiger partial charge < -0.3 is 0 Å². The summed E-state index contributed by atoms with van der Waals surface area (Å²) in [4.78, 5) is 1.48. The van der Waals surface area contributed by atoms with Gasteiger partial charge in [0.15, 0.2) is 5.69 Å². The van der Waals surface area contributed by atoms with Crippen molar-refractivity contribution in [3.63, 3.8) is 0 Å². The molecule has 12 heavy (non-hydrogen) atoms. The molecule has 0 bridgehead atoms. The zero-order chi connectivity index (χ0) is 8.39. The molecule has 6 heteroatoms. The van der Waals surface area contributed by atoms with Crippen LogP contribution in [0.1, 0.15) is 0 Å². The predicted octanol–water partition coefficient (Wildman–Crippen LogP) is -0.357. The monoisotopic (exact) mass is 180 g/mol. The molecule has 0 unspecified atom stereocenters. The molecule has 2 rings (SSSR count). The highest BCUT2D eigenvalue weighted by Crippen LogP contribution is 1.94. The molecule has 60 valence electrons. The number of nitrogens with zero attached hydrogens (tertiary/aromatic N) is 5. The van der Waals surface area contributed by atoms with E-state index in [0.717, 1.165) is 5.69 Å².